The van der Waals surface area contributed by atoms with Crippen LogP contribution in [0, 0.1) is 13.8 Å². The van der Waals surface area contributed by atoms with Gasteiger partial charge in [0.05, 0.1) is 5.69 Å². The zero-order chi connectivity index (χ0) is 12.3. The molecule has 2 rings (SSSR count). The van der Waals surface area contributed by atoms with Crippen LogP contribution in [0.3, 0.4) is 0 Å². The molecule has 0 unspecified atom stereocenters. The van der Waals surface area contributed by atoms with Crippen LogP contribution in [0.4, 0.5) is 0 Å². The quantitative estimate of drug-likeness (QED) is 0.874. The van der Waals surface area contributed by atoms with Crippen LogP contribution >= 0.6 is 0 Å². The molecule has 88 valence electrons. The lowest BCUT2D eigenvalue weighted by molar-refractivity contribution is 0.959. The lowest BCUT2D eigenvalue weighted by atomic mass is 10.0. The van der Waals surface area contributed by atoms with Crippen molar-refractivity contribution >= 4 is 0 Å². The molecule has 2 aromatic rings. The van der Waals surface area contributed by atoms with E-state index in [1.807, 2.05) is 6.20 Å². The summed E-state index contributed by atoms with van der Waals surface area (Å²) in [5.41, 5.74) is 11.5. The molecule has 2 nitrogen and oxygen atoms in total. The van der Waals surface area contributed by atoms with Gasteiger partial charge in [-0.1, -0.05) is 23.8 Å². The second-order valence-corrected chi connectivity index (χ2v) is 4.41. The maximum Gasteiger partial charge on any atom is 0.0704 e. The Kier molecular flexibility index (Phi) is 3.55. The van der Waals surface area contributed by atoms with E-state index in [1.165, 1.54) is 22.3 Å². The largest absolute Gasteiger partial charge is 0.330 e. The van der Waals surface area contributed by atoms with Crippen LogP contribution in [-0.2, 0) is 6.42 Å². The number of hydrogen-bond acceptors (Lipinski definition) is 2. The number of aryl methyl sites for hydroxylation is 2. The Morgan fingerprint density at radius 1 is 1.12 bits per heavy atom. The van der Waals surface area contributed by atoms with Crippen molar-refractivity contribution < 1.29 is 0 Å². The molecule has 2 N–H and O–H groups in total. The second-order valence-electron chi connectivity index (χ2n) is 4.41. The van der Waals surface area contributed by atoms with Gasteiger partial charge in [-0.3, -0.25) is 4.98 Å². The summed E-state index contributed by atoms with van der Waals surface area (Å²) in [6.45, 7) is 4.89. The minimum absolute atomic E-state index is 0.671. The van der Waals surface area contributed by atoms with E-state index in [0.29, 0.717) is 6.54 Å². The number of benzene rings is 1. The average molecular weight is 226 g/mol. The van der Waals surface area contributed by atoms with Crippen molar-refractivity contribution in [1.82, 2.24) is 4.98 Å². The van der Waals surface area contributed by atoms with Crippen molar-refractivity contribution in [2.24, 2.45) is 5.73 Å². The van der Waals surface area contributed by atoms with Gasteiger partial charge in [-0.15, -0.1) is 0 Å². The molecule has 1 heterocycles. The molecule has 0 spiro atoms. The average Bonchev–Trinajstić information content (AvgIpc) is 2.34. The molecule has 1 aromatic carbocycles. The fourth-order valence-electron chi connectivity index (χ4n) is 1.91. The van der Waals surface area contributed by atoms with Crippen molar-refractivity contribution in [3.8, 4) is 11.3 Å². The fourth-order valence-corrected chi connectivity index (χ4v) is 1.91. The summed E-state index contributed by atoms with van der Waals surface area (Å²) in [6, 6.07) is 10.6. The van der Waals surface area contributed by atoms with Crippen molar-refractivity contribution in [2.45, 2.75) is 20.3 Å². The van der Waals surface area contributed by atoms with Crippen LogP contribution in [0.25, 0.3) is 11.3 Å². The van der Waals surface area contributed by atoms with E-state index in [4.69, 9.17) is 5.73 Å². The van der Waals surface area contributed by atoms with E-state index >= 15 is 0 Å². The Balaban J connectivity index is 2.36. The van der Waals surface area contributed by atoms with Gasteiger partial charge in [-0.2, -0.15) is 0 Å². The molecule has 0 aliphatic rings. The van der Waals surface area contributed by atoms with Crippen LogP contribution in [0.1, 0.15) is 16.7 Å². The van der Waals surface area contributed by atoms with Gasteiger partial charge in [0.15, 0.2) is 0 Å². The van der Waals surface area contributed by atoms with E-state index < -0.39 is 0 Å². The molecule has 0 aliphatic carbocycles. The predicted molar refractivity (Wildman–Crippen MR) is 71.9 cm³/mol. The van der Waals surface area contributed by atoms with Crippen LogP contribution in [0.2, 0.25) is 0 Å². The summed E-state index contributed by atoms with van der Waals surface area (Å²) < 4.78 is 0. The zero-order valence-corrected chi connectivity index (χ0v) is 10.4. The maximum atomic E-state index is 5.53. The minimum Gasteiger partial charge on any atom is -0.330 e. The first-order valence-electron chi connectivity index (χ1n) is 5.93. The number of pyridine rings is 1. The standard InChI is InChI=1S/C15H18N2/c1-11-3-4-12(2)14(9-11)15-6-5-13(7-8-16)10-17-15/h3-6,9-10H,7-8,16H2,1-2H3. The summed E-state index contributed by atoms with van der Waals surface area (Å²) in [4.78, 5) is 4.51. The van der Waals surface area contributed by atoms with Crippen LogP contribution < -0.4 is 5.73 Å². The van der Waals surface area contributed by atoms with Crippen molar-refractivity contribution in [2.75, 3.05) is 6.54 Å². The van der Waals surface area contributed by atoms with Gasteiger partial charge in [-0.05, 0) is 50.1 Å². The Labute approximate surface area is 103 Å². The SMILES string of the molecule is Cc1ccc(C)c(-c2ccc(CCN)cn2)c1. The van der Waals surface area contributed by atoms with Gasteiger partial charge in [0, 0.05) is 11.8 Å². The first-order chi connectivity index (χ1) is 8.20. The Hall–Kier alpha value is -1.67. The monoisotopic (exact) mass is 226 g/mol. The third kappa shape index (κ3) is 2.71. The molecule has 0 atom stereocenters. The smallest absolute Gasteiger partial charge is 0.0704 e. The van der Waals surface area contributed by atoms with Gasteiger partial charge in [-0.25, -0.2) is 0 Å². The third-order valence-corrected chi connectivity index (χ3v) is 2.93. The van der Waals surface area contributed by atoms with E-state index in [1.54, 1.807) is 0 Å². The van der Waals surface area contributed by atoms with E-state index in [0.717, 1.165) is 12.1 Å². The summed E-state index contributed by atoms with van der Waals surface area (Å²) in [5.74, 6) is 0. The molecule has 0 fully saturated rings. The second kappa shape index (κ2) is 5.11. The minimum atomic E-state index is 0.671. The molecule has 0 radical (unpaired) electrons. The summed E-state index contributed by atoms with van der Waals surface area (Å²) in [5, 5.41) is 0. The summed E-state index contributed by atoms with van der Waals surface area (Å²) >= 11 is 0. The molecule has 17 heavy (non-hydrogen) atoms. The summed E-state index contributed by atoms with van der Waals surface area (Å²) in [7, 11) is 0. The molecular formula is C15H18N2. The van der Waals surface area contributed by atoms with Crippen molar-refractivity contribution in [3.63, 3.8) is 0 Å². The fraction of sp³-hybridized carbons (Fsp3) is 0.267. The van der Waals surface area contributed by atoms with Crippen molar-refractivity contribution in [3.05, 3.63) is 53.2 Å². The maximum absolute atomic E-state index is 5.53. The van der Waals surface area contributed by atoms with E-state index in [2.05, 4.69) is 49.2 Å². The molecule has 1 aromatic heterocycles. The van der Waals surface area contributed by atoms with Crippen LogP contribution in [0.15, 0.2) is 36.5 Å². The Morgan fingerprint density at radius 2 is 1.94 bits per heavy atom. The lowest BCUT2D eigenvalue weighted by Crippen LogP contribution is -2.03. The highest BCUT2D eigenvalue weighted by Crippen LogP contribution is 2.22. The molecular weight excluding hydrogens is 208 g/mol. The van der Waals surface area contributed by atoms with Gasteiger partial charge < -0.3 is 5.73 Å². The molecule has 0 aliphatic heterocycles. The number of aromatic nitrogens is 1. The van der Waals surface area contributed by atoms with Gasteiger partial charge in [0.25, 0.3) is 0 Å². The van der Waals surface area contributed by atoms with Crippen molar-refractivity contribution in [1.29, 1.82) is 0 Å². The first-order valence-corrected chi connectivity index (χ1v) is 5.93. The van der Waals surface area contributed by atoms with Gasteiger partial charge in [0.2, 0.25) is 0 Å². The molecule has 0 bridgehead atoms. The molecule has 0 amide bonds. The number of rotatable bonds is 3. The zero-order valence-electron chi connectivity index (χ0n) is 10.4. The highest BCUT2D eigenvalue weighted by molar-refractivity contribution is 5.64. The van der Waals surface area contributed by atoms with Gasteiger partial charge in [0.1, 0.15) is 0 Å². The third-order valence-electron chi connectivity index (χ3n) is 2.93. The molecule has 0 saturated heterocycles. The highest BCUT2D eigenvalue weighted by atomic mass is 14.7. The van der Waals surface area contributed by atoms with E-state index in [9.17, 15) is 0 Å². The predicted octanol–water partition coefficient (Wildman–Crippen LogP) is 2.87. The first kappa shape index (κ1) is 11.8. The molecule has 0 saturated carbocycles. The number of nitrogens with zero attached hydrogens (tertiary/aromatic N) is 1. The van der Waals surface area contributed by atoms with Crippen LogP contribution in [-0.4, -0.2) is 11.5 Å². The van der Waals surface area contributed by atoms with Gasteiger partial charge >= 0.3 is 0 Å². The number of nitrogens with two attached hydrogens (primary N) is 1. The lowest BCUT2D eigenvalue weighted by Gasteiger charge is -2.07. The Morgan fingerprint density at radius 3 is 2.59 bits per heavy atom. The normalized spacial score (nSPS) is 10.5. The topological polar surface area (TPSA) is 38.9 Å². The number of hydrogen-bond donors (Lipinski definition) is 1. The van der Waals surface area contributed by atoms with E-state index in [-0.39, 0.29) is 0 Å². The highest BCUT2D eigenvalue weighted by Gasteiger charge is 2.03. The summed E-state index contributed by atoms with van der Waals surface area (Å²) in [6.07, 6.45) is 2.81. The Bertz CT molecular complexity index is 501. The van der Waals surface area contributed by atoms with Crippen LogP contribution in [0.5, 0.6) is 0 Å². The molecule has 2 heteroatoms.